The number of para-hydroxylation sites is 2. The van der Waals surface area contributed by atoms with Crippen molar-refractivity contribution in [1.29, 1.82) is 5.26 Å². The van der Waals surface area contributed by atoms with Crippen molar-refractivity contribution in [1.82, 2.24) is 9.38 Å². The van der Waals surface area contributed by atoms with Crippen molar-refractivity contribution in [3.05, 3.63) is 41.0 Å². The van der Waals surface area contributed by atoms with Crippen LogP contribution in [0.15, 0.2) is 24.3 Å². The summed E-state index contributed by atoms with van der Waals surface area (Å²) in [4.78, 5) is 4.68. The van der Waals surface area contributed by atoms with Crippen molar-refractivity contribution < 1.29 is 9.84 Å². The molecule has 0 bridgehead atoms. The Kier molecular flexibility index (Phi) is 5.17. The highest BCUT2D eigenvalue weighted by molar-refractivity contribution is 5.86. The maximum atomic E-state index is 9.66. The third-order valence-corrected chi connectivity index (χ3v) is 4.36. The van der Waals surface area contributed by atoms with E-state index in [1.807, 2.05) is 35.6 Å². The van der Waals surface area contributed by atoms with Gasteiger partial charge in [0.15, 0.2) is 5.65 Å². The monoisotopic (exact) mass is 338 g/mol. The molecule has 0 aliphatic rings. The first kappa shape index (κ1) is 17.2. The number of rotatable bonds is 7. The Labute approximate surface area is 146 Å². The van der Waals surface area contributed by atoms with Gasteiger partial charge >= 0.3 is 0 Å². The van der Waals surface area contributed by atoms with E-state index in [2.05, 4.69) is 23.3 Å². The van der Waals surface area contributed by atoms with Gasteiger partial charge in [-0.1, -0.05) is 19.1 Å². The van der Waals surface area contributed by atoms with Crippen LogP contribution < -0.4 is 5.32 Å². The van der Waals surface area contributed by atoms with E-state index in [0.717, 1.165) is 34.4 Å². The van der Waals surface area contributed by atoms with Crippen molar-refractivity contribution in [2.45, 2.75) is 20.3 Å². The first-order valence-electron chi connectivity index (χ1n) is 8.48. The van der Waals surface area contributed by atoms with Crippen LogP contribution in [0, 0.1) is 18.3 Å². The van der Waals surface area contributed by atoms with Crippen LogP contribution in [0.4, 0.5) is 5.82 Å². The summed E-state index contributed by atoms with van der Waals surface area (Å²) < 4.78 is 7.38. The number of nitrogens with one attached hydrogen (secondary N) is 1. The summed E-state index contributed by atoms with van der Waals surface area (Å²) in [7, 11) is 0. The van der Waals surface area contributed by atoms with E-state index in [9.17, 15) is 5.26 Å². The topological polar surface area (TPSA) is 82.6 Å². The summed E-state index contributed by atoms with van der Waals surface area (Å²) in [6.07, 6.45) is 0.808. The molecule has 2 aromatic heterocycles. The Bertz CT molecular complexity index is 940. The fourth-order valence-electron chi connectivity index (χ4n) is 3.21. The molecule has 0 unspecified atom stereocenters. The summed E-state index contributed by atoms with van der Waals surface area (Å²) >= 11 is 0. The largest absolute Gasteiger partial charge is 0.394 e. The first-order chi connectivity index (χ1) is 12.2. The van der Waals surface area contributed by atoms with E-state index in [4.69, 9.17) is 9.84 Å². The number of aromatic nitrogens is 2. The average molecular weight is 338 g/mol. The molecule has 6 nitrogen and oxygen atoms in total. The lowest BCUT2D eigenvalue weighted by Crippen LogP contribution is -2.16. The predicted molar refractivity (Wildman–Crippen MR) is 97.9 cm³/mol. The predicted octanol–water partition coefficient (Wildman–Crippen LogP) is 2.65. The van der Waals surface area contributed by atoms with Gasteiger partial charge in [-0.3, -0.25) is 4.40 Å². The molecule has 2 heterocycles. The minimum absolute atomic E-state index is 0.0204. The zero-order valence-electron chi connectivity index (χ0n) is 14.5. The minimum atomic E-state index is 0.0204. The van der Waals surface area contributed by atoms with Gasteiger partial charge in [0.2, 0.25) is 0 Å². The van der Waals surface area contributed by atoms with Crippen LogP contribution in [0.1, 0.15) is 23.6 Å². The Morgan fingerprint density at radius 2 is 2.12 bits per heavy atom. The molecule has 0 saturated carbocycles. The summed E-state index contributed by atoms with van der Waals surface area (Å²) in [6.45, 7) is 5.52. The van der Waals surface area contributed by atoms with Gasteiger partial charge in [0.05, 0.1) is 36.4 Å². The van der Waals surface area contributed by atoms with E-state index in [0.29, 0.717) is 31.0 Å². The van der Waals surface area contributed by atoms with Gasteiger partial charge in [-0.05, 0) is 36.6 Å². The quantitative estimate of drug-likeness (QED) is 0.647. The second-order valence-corrected chi connectivity index (χ2v) is 5.81. The lowest BCUT2D eigenvalue weighted by Gasteiger charge is -2.18. The molecule has 0 spiro atoms. The fourth-order valence-corrected chi connectivity index (χ4v) is 3.21. The van der Waals surface area contributed by atoms with Crippen molar-refractivity contribution in [2.24, 2.45) is 0 Å². The zero-order chi connectivity index (χ0) is 17.8. The van der Waals surface area contributed by atoms with Crippen molar-refractivity contribution >= 4 is 22.5 Å². The molecule has 0 atom stereocenters. The number of benzene rings is 1. The average Bonchev–Trinajstić information content (AvgIpc) is 3.00. The summed E-state index contributed by atoms with van der Waals surface area (Å²) in [6, 6.07) is 10.2. The molecule has 3 aromatic rings. The molecule has 25 heavy (non-hydrogen) atoms. The van der Waals surface area contributed by atoms with E-state index >= 15 is 0 Å². The highest BCUT2D eigenvalue weighted by atomic mass is 16.5. The van der Waals surface area contributed by atoms with E-state index in [1.54, 1.807) is 0 Å². The smallest absolute Gasteiger partial charge is 0.157 e. The van der Waals surface area contributed by atoms with Gasteiger partial charge in [0, 0.05) is 6.54 Å². The number of hydrogen-bond acceptors (Lipinski definition) is 5. The number of ether oxygens (including phenoxy) is 1. The van der Waals surface area contributed by atoms with E-state index in [1.165, 1.54) is 0 Å². The van der Waals surface area contributed by atoms with Gasteiger partial charge < -0.3 is 15.2 Å². The van der Waals surface area contributed by atoms with Gasteiger partial charge in [-0.2, -0.15) is 5.26 Å². The molecule has 0 amide bonds. The molecule has 130 valence electrons. The highest BCUT2D eigenvalue weighted by Gasteiger charge is 2.19. The van der Waals surface area contributed by atoms with Crippen LogP contribution in [0.5, 0.6) is 0 Å². The number of hydrogen-bond donors (Lipinski definition) is 2. The number of pyridine rings is 1. The Morgan fingerprint density at radius 3 is 2.84 bits per heavy atom. The van der Waals surface area contributed by atoms with E-state index < -0.39 is 0 Å². The number of aliphatic hydroxyl groups excluding tert-OH is 1. The lowest BCUT2D eigenvalue weighted by molar-refractivity contribution is 0.0991. The zero-order valence-corrected chi connectivity index (χ0v) is 14.5. The number of anilines is 1. The van der Waals surface area contributed by atoms with Gasteiger partial charge in [0.25, 0.3) is 0 Å². The molecule has 2 N–H and O–H groups in total. The molecule has 0 aliphatic heterocycles. The SMILES string of the molecule is CCc1c(C)c(C#N)c2nc3ccccc3n2c1NCCOCCO. The van der Waals surface area contributed by atoms with Gasteiger partial charge in [-0.15, -0.1) is 0 Å². The number of nitrogens with zero attached hydrogens (tertiary/aromatic N) is 3. The number of imidazole rings is 1. The Hall–Kier alpha value is -2.62. The van der Waals surface area contributed by atoms with Gasteiger partial charge in [0.1, 0.15) is 11.9 Å². The van der Waals surface area contributed by atoms with Crippen LogP contribution in [0.25, 0.3) is 16.7 Å². The summed E-state index contributed by atoms with van der Waals surface area (Å²) in [5.74, 6) is 0.954. The second kappa shape index (κ2) is 7.51. The lowest BCUT2D eigenvalue weighted by atomic mass is 10.0. The maximum Gasteiger partial charge on any atom is 0.157 e. The highest BCUT2D eigenvalue weighted by Crippen LogP contribution is 2.31. The third kappa shape index (κ3) is 3.04. The van der Waals surface area contributed by atoms with Crippen LogP contribution in [0.3, 0.4) is 0 Å². The molecule has 0 radical (unpaired) electrons. The molecule has 0 fully saturated rings. The summed E-state index contributed by atoms with van der Waals surface area (Å²) in [5, 5.41) is 21.9. The first-order valence-corrected chi connectivity index (χ1v) is 8.48. The van der Waals surface area contributed by atoms with E-state index in [-0.39, 0.29) is 6.61 Å². The molecule has 0 aliphatic carbocycles. The van der Waals surface area contributed by atoms with Crippen LogP contribution >= 0.6 is 0 Å². The number of aliphatic hydroxyl groups is 1. The van der Waals surface area contributed by atoms with Crippen molar-refractivity contribution in [2.75, 3.05) is 31.7 Å². The van der Waals surface area contributed by atoms with Gasteiger partial charge in [-0.25, -0.2) is 4.98 Å². The third-order valence-electron chi connectivity index (χ3n) is 4.36. The molecule has 0 saturated heterocycles. The minimum Gasteiger partial charge on any atom is -0.394 e. The Morgan fingerprint density at radius 1 is 1.32 bits per heavy atom. The van der Waals surface area contributed by atoms with Crippen molar-refractivity contribution in [3.63, 3.8) is 0 Å². The Balaban J connectivity index is 2.17. The maximum absolute atomic E-state index is 9.66. The number of nitriles is 1. The van der Waals surface area contributed by atoms with Crippen LogP contribution in [-0.4, -0.2) is 40.9 Å². The molecular formula is C19H22N4O2. The second-order valence-electron chi connectivity index (χ2n) is 5.81. The fraction of sp³-hybridized carbons (Fsp3) is 0.368. The molecule has 3 rings (SSSR count). The number of fused-ring (bicyclic) bond motifs is 3. The molecular weight excluding hydrogens is 316 g/mol. The van der Waals surface area contributed by atoms with Crippen LogP contribution in [-0.2, 0) is 11.2 Å². The molecule has 6 heteroatoms. The standard InChI is InChI=1S/C19H22N4O2/c1-3-14-13(2)15(12-20)19-22-16-6-4-5-7-17(16)23(19)18(14)21-8-10-25-11-9-24/h4-7,21,24H,3,8-11H2,1-2H3. The van der Waals surface area contributed by atoms with Crippen molar-refractivity contribution in [3.8, 4) is 6.07 Å². The summed E-state index contributed by atoms with van der Waals surface area (Å²) in [5.41, 5.74) is 5.21. The van der Waals surface area contributed by atoms with Crippen LogP contribution in [0.2, 0.25) is 0 Å². The normalized spacial score (nSPS) is 11.1. The molecule has 1 aromatic carbocycles.